The van der Waals surface area contributed by atoms with E-state index in [1.54, 1.807) is 24.3 Å². The standard InChI is InChI=1S/C23H24F2N2O3/c1-3-28-21(29-4-2)13-14-30-20-15-26-22(16-5-9-18(24)10-6-16)23(27-20)17-7-11-19(25)12-8-17/h5-12,15,21H,3-4,13-14H2,1-2H3. The molecule has 0 fully saturated rings. The summed E-state index contributed by atoms with van der Waals surface area (Å²) in [5.74, 6) is -0.361. The Morgan fingerprint density at radius 1 is 0.800 bits per heavy atom. The van der Waals surface area contributed by atoms with Gasteiger partial charge in [0.15, 0.2) is 6.29 Å². The first-order chi connectivity index (χ1) is 14.6. The first kappa shape index (κ1) is 21.8. The third-order valence-corrected chi connectivity index (χ3v) is 4.29. The van der Waals surface area contributed by atoms with Gasteiger partial charge >= 0.3 is 0 Å². The molecule has 0 atom stereocenters. The maximum absolute atomic E-state index is 13.4. The molecule has 7 heteroatoms. The van der Waals surface area contributed by atoms with Gasteiger partial charge in [0.1, 0.15) is 17.3 Å². The lowest BCUT2D eigenvalue weighted by atomic mass is 10.0. The molecule has 0 N–H and O–H groups in total. The van der Waals surface area contributed by atoms with E-state index >= 15 is 0 Å². The van der Waals surface area contributed by atoms with Gasteiger partial charge in [0.25, 0.3) is 0 Å². The molecule has 1 heterocycles. The van der Waals surface area contributed by atoms with Gasteiger partial charge in [0.05, 0.1) is 18.5 Å². The molecular formula is C23H24F2N2O3. The lowest BCUT2D eigenvalue weighted by molar-refractivity contribution is -0.142. The molecule has 0 spiro atoms. The third kappa shape index (κ3) is 5.81. The first-order valence-corrected chi connectivity index (χ1v) is 9.85. The molecule has 2 aromatic carbocycles. The average molecular weight is 414 g/mol. The van der Waals surface area contributed by atoms with Crippen LogP contribution in [0.4, 0.5) is 8.78 Å². The topological polar surface area (TPSA) is 53.5 Å². The summed E-state index contributed by atoms with van der Waals surface area (Å²) in [7, 11) is 0. The molecule has 0 aliphatic rings. The summed E-state index contributed by atoms with van der Waals surface area (Å²) in [4.78, 5) is 9.06. The van der Waals surface area contributed by atoms with Gasteiger partial charge in [-0.05, 0) is 62.4 Å². The number of halogens is 2. The van der Waals surface area contributed by atoms with E-state index in [-0.39, 0.29) is 17.9 Å². The van der Waals surface area contributed by atoms with E-state index in [1.807, 2.05) is 13.8 Å². The Morgan fingerprint density at radius 3 is 1.87 bits per heavy atom. The van der Waals surface area contributed by atoms with Crippen molar-refractivity contribution in [1.29, 1.82) is 0 Å². The summed E-state index contributed by atoms with van der Waals surface area (Å²) in [6.07, 6.45) is 1.71. The van der Waals surface area contributed by atoms with Gasteiger partial charge < -0.3 is 14.2 Å². The quantitative estimate of drug-likeness (QED) is 0.424. The van der Waals surface area contributed by atoms with Crippen LogP contribution in [0.25, 0.3) is 22.5 Å². The van der Waals surface area contributed by atoms with E-state index in [0.717, 1.165) is 0 Å². The van der Waals surface area contributed by atoms with Gasteiger partial charge in [-0.1, -0.05) is 0 Å². The minimum absolute atomic E-state index is 0.326. The van der Waals surface area contributed by atoms with Crippen molar-refractivity contribution in [3.63, 3.8) is 0 Å². The monoisotopic (exact) mass is 414 g/mol. The fourth-order valence-electron chi connectivity index (χ4n) is 2.92. The van der Waals surface area contributed by atoms with Crippen LogP contribution >= 0.6 is 0 Å². The summed E-state index contributed by atoms with van der Waals surface area (Å²) in [5, 5.41) is 0. The van der Waals surface area contributed by atoms with E-state index in [9.17, 15) is 8.78 Å². The van der Waals surface area contributed by atoms with Crippen molar-refractivity contribution in [2.24, 2.45) is 0 Å². The molecule has 30 heavy (non-hydrogen) atoms. The first-order valence-electron chi connectivity index (χ1n) is 9.85. The predicted octanol–water partition coefficient (Wildman–Crippen LogP) is 5.26. The van der Waals surface area contributed by atoms with Gasteiger partial charge in [-0.3, -0.25) is 0 Å². The molecule has 0 unspecified atom stereocenters. The highest BCUT2D eigenvalue weighted by Gasteiger charge is 2.14. The Balaban J connectivity index is 1.85. The highest BCUT2D eigenvalue weighted by molar-refractivity contribution is 5.77. The van der Waals surface area contributed by atoms with Gasteiger partial charge in [0.2, 0.25) is 5.88 Å². The normalized spacial score (nSPS) is 11.1. The summed E-state index contributed by atoms with van der Waals surface area (Å²) in [5.41, 5.74) is 2.44. The van der Waals surface area contributed by atoms with Crippen molar-refractivity contribution in [2.75, 3.05) is 19.8 Å². The molecule has 0 radical (unpaired) electrons. The van der Waals surface area contributed by atoms with Crippen LogP contribution in [-0.4, -0.2) is 36.1 Å². The van der Waals surface area contributed by atoms with E-state index in [0.29, 0.717) is 54.6 Å². The lowest BCUT2D eigenvalue weighted by Crippen LogP contribution is -2.20. The van der Waals surface area contributed by atoms with E-state index in [1.165, 1.54) is 30.5 Å². The van der Waals surface area contributed by atoms with Crippen LogP contribution in [-0.2, 0) is 9.47 Å². The molecule has 3 rings (SSSR count). The Labute approximate surface area is 174 Å². The van der Waals surface area contributed by atoms with Gasteiger partial charge in [-0.2, -0.15) is 0 Å². The zero-order valence-electron chi connectivity index (χ0n) is 17.0. The molecule has 3 aromatic rings. The molecule has 0 amide bonds. The summed E-state index contributed by atoms with van der Waals surface area (Å²) < 4.78 is 43.5. The predicted molar refractivity (Wildman–Crippen MR) is 110 cm³/mol. The number of nitrogens with zero attached hydrogens (tertiary/aromatic N) is 2. The Bertz CT molecular complexity index is 928. The SMILES string of the molecule is CCOC(CCOc1cnc(-c2ccc(F)cc2)c(-c2ccc(F)cc2)n1)OCC. The minimum atomic E-state index is -0.347. The average Bonchev–Trinajstić information content (AvgIpc) is 2.75. The van der Waals surface area contributed by atoms with E-state index in [4.69, 9.17) is 14.2 Å². The van der Waals surface area contributed by atoms with Gasteiger partial charge in [-0.25, -0.2) is 18.7 Å². The largest absolute Gasteiger partial charge is 0.476 e. The fraction of sp³-hybridized carbons (Fsp3) is 0.304. The second-order valence-electron chi connectivity index (χ2n) is 6.40. The van der Waals surface area contributed by atoms with E-state index < -0.39 is 0 Å². The molecule has 158 valence electrons. The Morgan fingerprint density at radius 2 is 1.33 bits per heavy atom. The highest BCUT2D eigenvalue weighted by atomic mass is 19.1. The molecule has 0 saturated carbocycles. The van der Waals surface area contributed by atoms with Crippen LogP contribution in [0.1, 0.15) is 20.3 Å². The second-order valence-corrected chi connectivity index (χ2v) is 6.40. The van der Waals surface area contributed by atoms with Crippen LogP contribution in [0.2, 0.25) is 0 Å². The molecular weight excluding hydrogens is 390 g/mol. The number of hydrogen-bond acceptors (Lipinski definition) is 5. The zero-order valence-corrected chi connectivity index (χ0v) is 17.0. The number of aromatic nitrogens is 2. The van der Waals surface area contributed by atoms with Crippen LogP contribution in [0, 0.1) is 11.6 Å². The molecule has 1 aromatic heterocycles. The molecule has 0 saturated heterocycles. The second kappa shape index (κ2) is 10.8. The smallest absolute Gasteiger partial charge is 0.232 e. The molecule has 0 bridgehead atoms. The Hall–Kier alpha value is -2.90. The zero-order chi connectivity index (χ0) is 21.3. The van der Waals surface area contributed by atoms with Crippen molar-refractivity contribution >= 4 is 0 Å². The van der Waals surface area contributed by atoms with Crippen molar-refractivity contribution in [3.8, 4) is 28.4 Å². The fourth-order valence-corrected chi connectivity index (χ4v) is 2.92. The number of ether oxygens (including phenoxy) is 3. The summed E-state index contributed by atoms with van der Waals surface area (Å²) in [6, 6.07) is 11.9. The Kier molecular flexibility index (Phi) is 7.82. The number of benzene rings is 2. The summed E-state index contributed by atoms with van der Waals surface area (Å²) >= 11 is 0. The van der Waals surface area contributed by atoms with Crippen molar-refractivity contribution in [2.45, 2.75) is 26.6 Å². The summed E-state index contributed by atoms with van der Waals surface area (Å²) in [6.45, 7) is 5.23. The van der Waals surface area contributed by atoms with Gasteiger partial charge in [-0.15, -0.1) is 0 Å². The van der Waals surface area contributed by atoms with Crippen molar-refractivity contribution < 1.29 is 23.0 Å². The van der Waals surface area contributed by atoms with Crippen LogP contribution in [0.15, 0.2) is 54.7 Å². The lowest BCUT2D eigenvalue weighted by Gasteiger charge is -2.17. The minimum Gasteiger partial charge on any atom is -0.476 e. The van der Waals surface area contributed by atoms with Crippen LogP contribution in [0.5, 0.6) is 5.88 Å². The number of rotatable bonds is 10. The molecule has 5 nitrogen and oxygen atoms in total. The van der Waals surface area contributed by atoms with Gasteiger partial charge in [0, 0.05) is 30.8 Å². The molecule has 0 aliphatic heterocycles. The number of hydrogen-bond donors (Lipinski definition) is 0. The third-order valence-electron chi connectivity index (χ3n) is 4.29. The van der Waals surface area contributed by atoms with Crippen LogP contribution < -0.4 is 4.74 Å². The van der Waals surface area contributed by atoms with Crippen molar-refractivity contribution in [1.82, 2.24) is 9.97 Å². The van der Waals surface area contributed by atoms with Crippen LogP contribution in [0.3, 0.4) is 0 Å². The highest BCUT2D eigenvalue weighted by Crippen LogP contribution is 2.30. The van der Waals surface area contributed by atoms with Crippen molar-refractivity contribution in [3.05, 3.63) is 66.4 Å². The maximum Gasteiger partial charge on any atom is 0.232 e. The molecule has 0 aliphatic carbocycles. The van der Waals surface area contributed by atoms with E-state index in [2.05, 4.69) is 9.97 Å². The maximum atomic E-state index is 13.4.